The van der Waals surface area contributed by atoms with E-state index in [4.69, 9.17) is 9.47 Å². The topological polar surface area (TPSA) is 80.7 Å². The number of aliphatic hydroxyl groups excluding tert-OH is 1. The number of amides is 1. The molecule has 3 aromatic rings. The summed E-state index contributed by atoms with van der Waals surface area (Å²) in [4.78, 5) is 15.7. The summed E-state index contributed by atoms with van der Waals surface area (Å²) in [6.45, 7) is 3.64. The van der Waals surface area contributed by atoms with E-state index in [-0.39, 0.29) is 30.6 Å². The van der Waals surface area contributed by atoms with E-state index in [1.165, 1.54) is 6.92 Å². The number of ether oxygens (including phenoxy) is 2. The molecule has 2 heterocycles. The van der Waals surface area contributed by atoms with Gasteiger partial charge < -0.3 is 19.9 Å². The van der Waals surface area contributed by atoms with Crippen LogP contribution in [0.5, 0.6) is 0 Å². The lowest BCUT2D eigenvalue weighted by atomic mass is 9.91. The molecule has 0 spiro atoms. The zero-order chi connectivity index (χ0) is 23.2. The third-order valence-corrected chi connectivity index (χ3v) is 6.69. The Morgan fingerprint density at radius 2 is 1.76 bits per heavy atom. The summed E-state index contributed by atoms with van der Waals surface area (Å²) in [5.74, 6) is 0.739. The van der Waals surface area contributed by atoms with Crippen LogP contribution in [0.2, 0.25) is 0 Å². The van der Waals surface area contributed by atoms with Crippen molar-refractivity contribution in [3.8, 4) is 0 Å². The van der Waals surface area contributed by atoms with E-state index in [0.29, 0.717) is 0 Å². The van der Waals surface area contributed by atoms with Crippen LogP contribution in [0, 0.1) is 5.92 Å². The molecule has 0 saturated carbocycles. The molecular formula is C26H28N2O4S. The molecule has 4 rings (SSSR count). The van der Waals surface area contributed by atoms with Crippen LogP contribution < -0.4 is 5.32 Å². The van der Waals surface area contributed by atoms with Crippen LogP contribution in [-0.2, 0) is 20.9 Å². The molecule has 2 aromatic carbocycles. The van der Waals surface area contributed by atoms with Crippen LogP contribution in [0.4, 0.5) is 5.69 Å². The van der Waals surface area contributed by atoms with E-state index in [1.807, 2.05) is 66.7 Å². The molecule has 0 unspecified atom stereocenters. The summed E-state index contributed by atoms with van der Waals surface area (Å²) in [5, 5.41) is 13.1. The SMILES string of the molecule is CC(=O)Nc1ccc([C@@H]2O[C@H](CSc3ccccn3)[C@H](C)[C@H](c3ccc(CO)cc3)O2)cc1. The van der Waals surface area contributed by atoms with Gasteiger partial charge in [0.1, 0.15) is 0 Å². The number of nitrogens with zero attached hydrogens (tertiary/aromatic N) is 1. The monoisotopic (exact) mass is 464 g/mol. The Bertz CT molecular complexity index is 1040. The summed E-state index contributed by atoms with van der Waals surface area (Å²) in [6.07, 6.45) is 1.03. The fourth-order valence-electron chi connectivity index (χ4n) is 3.84. The summed E-state index contributed by atoms with van der Waals surface area (Å²) in [7, 11) is 0. The molecule has 7 heteroatoms. The third-order valence-electron chi connectivity index (χ3n) is 5.66. The van der Waals surface area contributed by atoms with Gasteiger partial charge in [0.15, 0.2) is 6.29 Å². The van der Waals surface area contributed by atoms with Crippen molar-refractivity contribution in [2.75, 3.05) is 11.1 Å². The number of nitrogens with one attached hydrogen (secondary N) is 1. The van der Waals surface area contributed by atoms with Crippen molar-refractivity contribution >= 4 is 23.4 Å². The molecule has 1 fully saturated rings. The quantitative estimate of drug-likeness (QED) is 0.473. The van der Waals surface area contributed by atoms with Crippen LogP contribution in [0.3, 0.4) is 0 Å². The summed E-state index contributed by atoms with van der Waals surface area (Å²) >= 11 is 1.67. The zero-order valence-electron chi connectivity index (χ0n) is 18.7. The second-order valence-electron chi connectivity index (χ2n) is 8.10. The fourth-order valence-corrected chi connectivity index (χ4v) is 4.86. The minimum Gasteiger partial charge on any atom is -0.392 e. The molecule has 1 saturated heterocycles. The van der Waals surface area contributed by atoms with E-state index in [9.17, 15) is 9.90 Å². The number of hydrogen-bond acceptors (Lipinski definition) is 6. The smallest absolute Gasteiger partial charge is 0.221 e. The average Bonchev–Trinajstić information content (AvgIpc) is 2.84. The van der Waals surface area contributed by atoms with Crippen molar-refractivity contribution in [1.29, 1.82) is 0 Å². The Morgan fingerprint density at radius 3 is 2.39 bits per heavy atom. The molecular weight excluding hydrogens is 436 g/mol. The lowest BCUT2D eigenvalue weighted by Crippen LogP contribution is -2.38. The highest BCUT2D eigenvalue weighted by atomic mass is 32.2. The number of rotatable bonds is 7. The maximum absolute atomic E-state index is 11.3. The van der Waals surface area contributed by atoms with Crippen molar-refractivity contribution < 1.29 is 19.4 Å². The zero-order valence-corrected chi connectivity index (χ0v) is 19.5. The number of benzene rings is 2. The fraction of sp³-hybridized carbons (Fsp3) is 0.308. The van der Waals surface area contributed by atoms with E-state index < -0.39 is 6.29 Å². The van der Waals surface area contributed by atoms with Gasteiger partial charge in [-0.3, -0.25) is 4.79 Å². The molecule has 2 N–H and O–H groups in total. The Morgan fingerprint density at radius 1 is 1.03 bits per heavy atom. The van der Waals surface area contributed by atoms with Crippen LogP contribution in [0.15, 0.2) is 78.0 Å². The third kappa shape index (κ3) is 6.00. The Labute approximate surface area is 198 Å². The molecule has 6 nitrogen and oxygen atoms in total. The predicted molar refractivity (Wildman–Crippen MR) is 129 cm³/mol. The van der Waals surface area contributed by atoms with Crippen LogP contribution in [0.1, 0.15) is 42.9 Å². The van der Waals surface area contributed by atoms with Crippen LogP contribution >= 0.6 is 11.8 Å². The van der Waals surface area contributed by atoms with E-state index in [2.05, 4.69) is 17.2 Å². The van der Waals surface area contributed by atoms with Crippen LogP contribution in [-0.4, -0.2) is 27.9 Å². The average molecular weight is 465 g/mol. The predicted octanol–water partition coefficient (Wildman–Crippen LogP) is 5.12. The van der Waals surface area contributed by atoms with Crippen molar-refractivity contribution in [3.63, 3.8) is 0 Å². The standard InChI is InChI=1S/C26H28N2O4S/c1-17-23(16-33-24-5-3-4-14-27-24)31-26(21-10-12-22(13-11-21)28-18(2)30)32-25(17)20-8-6-19(15-29)7-9-20/h3-14,17,23,25-26,29H,15-16H2,1-2H3,(H,28,30)/t17-,23+,25+,26+/m0/s1. The molecule has 0 aliphatic carbocycles. The lowest BCUT2D eigenvalue weighted by molar-refractivity contribution is -0.268. The van der Waals surface area contributed by atoms with Gasteiger partial charge in [-0.05, 0) is 35.4 Å². The van der Waals surface area contributed by atoms with Gasteiger partial charge in [0.05, 0.1) is 23.8 Å². The number of hydrogen-bond donors (Lipinski definition) is 2. The lowest BCUT2D eigenvalue weighted by Gasteiger charge is -2.41. The van der Waals surface area contributed by atoms with Gasteiger partial charge in [-0.25, -0.2) is 4.98 Å². The Balaban J connectivity index is 1.57. The molecule has 4 atom stereocenters. The van der Waals surface area contributed by atoms with E-state index >= 15 is 0 Å². The van der Waals surface area contributed by atoms with Crippen molar-refractivity contribution in [1.82, 2.24) is 4.98 Å². The first-order valence-corrected chi connectivity index (χ1v) is 11.9. The van der Waals surface area contributed by atoms with Gasteiger partial charge in [0.2, 0.25) is 5.91 Å². The van der Waals surface area contributed by atoms with Crippen LogP contribution in [0.25, 0.3) is 0 Å². The molecule has 1 aliphatic heterocycles. The molecule has 1 amide bonds. The van der Waals surface area contributed by atoms with Gasteiger partial charge in [-0.2, -0.15) is 0 Å². The first-order chi connectivity index (χ1) is 16.0. The molecule has 172 valence electrons. The van der Waals surface area contributed by atoms with Gasteiger partial charge in [-0.15, -0.1) is 11.8 Å². The first kappa shape index (κ1) is 23.4. The number of carbonyl (C=O) groups is 1. The number of aromatic nitrogens is 1. The number of pyridine rings is 1. The molecule has 33 heavy (non-hydrogen) atoms. The highest BCUT2D eigenvalue weighted by molar-refractivity contribution is 7.99. The second-order valence-corrected chi connectivity index (χ2v) is 9.14. The summed E-state index contributed by atoms with van der Waals surface area (Å²) in [6, 6.07) is 21.3. The van der Waals surface area contributed by atoms with Gasteiger partial charge >= 0.3 is 0 Å². The minimum atomic E-state index is -0.538. The number of anilines is 1. The van der Waals surface area contributed by atoms with Crippen molar-refractivity contribution in [2.24, 2.45) is 5.92 Å². The maximum Gasteiger partial charge on any atom is 0.221 e. The highest BCUT2D eigenvalue weighted by Crippen LogP contribution is 2.43. The second kappa shape index (κ2) is 10.9. The molecule has 0 radical (unpaired) electrons. The highest BCUT2D eigenvalue weighted by Gasteiger charge is 2.38. The van der Waals surface area contributed by atoms with Crippen molar-refractivity contribution in [3.05, 3.63) is 89.6 Å². The van der Waals surface area contributed by atoms with E-state index in [0.717, 1.165) is 33.2 Å². The summed E-state index contributed by atoms with van der Waals surface area (Å²) < 4.78 is 12.9. The molecule has 0 bridgehead atoms. The minimum absolute atomic E-state index is 0.0110. The van der Waals surface area contributed by atoms with Gasteiger partial charge in [0.25, 0.3) is 0 Å². The maximum atomic E-state index is 11.3. The summed E-state index contributed by atoms with van der Waals surface area (Å²) in [5.41, 5.74) is 3.54. The number of aliphatic hydroxyl groups is 1. The van der Waals surface area contributed by atoms with Gasteiger partial charge in [-0.1, -0.05) is 49.4 Å². The largest absolute Gasteiger partial charge is 0.392 e. The molecule has 1 aromatic heterocycles. The van der Waals surface area contributed by atoms with E-state index in [1.54, 1.807) is 18.0 Å². The first-order valence-electron chi connectivity index (χ1n) is 11.0. The normalized spacial score (nSPS) is 22.6. The molecule has 1 aliphatic rings. The van der Waals surface area contributed by atoms with Gasteiger partial charge in [0, 0.05) is 36.0 Å². The number of carbonyl (C=O) groups excluding carboxylic acids is 1. The van der Waals surface area contributed by atoms with Crippen molar-refractivity contribution in [2.45, 2.75) is 44.0 Å². The Hall–Kier alpha value is -2.71. The Kier molecular flexibility index (Phi) is 7.77. The number of thioether (sulfide) groups is 1.